The number of nitrogens with zero attached hydrogens (tertiary/aromatic N) is 1. The maximum absolute atomic E-state index is 11.8. The predicted molar refractivity (Wildman–Crippen MR) is 152 cm³/mol. The lowest BCUT2D eigenvalue weighted by atomic mass is 10.0. The van der Waals surface area contributed by atoms with Gasteiger partial charge in [0, 0.05) is 0 Å². The van der Waals surface area contributed by atoms with E-state index in [4.69, 9.17) is 0 Å². The fourth-order valence-corrected chi connectivity index (χ4v) is 5.54. The van der Waals surface area contributed by atoms with Crippen molar-refractivity contribution in [1.82, 2.24) is 0 Å². The van der Waals surface area contributed by atoms with Crippen LogP contribution in [0.4, 0.5) is 0 Å². The first kappa shape index (κ1) is 34.6. The van der Waals surface area contributed by atoms with Gasteiger partial charge in [0.05, 0.1) is 21.1 Å². The Kier molecular flexibility index (Phi) is 20.3. The van der Waals surface area contributed by atoms with Crippen molar-refractivity contribution in [2.24, 2.45) is 0 Å². The second-order valence-electron chi connectivity index (χ2n) is 11.4. The first-order valence-corrected chi connectivity index (χ1v) is 16.0. The van der Waals surface area contributed by atoms with Crippen molar-refractivity contribution >= 4 is 7.60 Å². The Bertz CT molecular complexity index is 594. The molecule has 0 spiro atoms. The number of quaternary nitrogens is 1. The lowest BCUT2D eigenvalue weighted by Gasteiger charge is -2.35. The molecule has 1 atom stereocenters. The molecule has 0 amide bonds. The third-order valence-electron chi connectivity index (χ3n) is 6.52. The maximum Gasteiger partial charge on any atom is 0.362 e. The Morgan fingerprint density at radius 1 is 0.629 bits per heavy atom. The summed E-state index contributed by atoms with van der Waals surface area (Å²) in [6, 6.07) is 0. The smallest absolute Gasteiger partial charge is 0.362 e. The van der Waals surface area contributed by atoms with E-state index < -0.39 is 12.9 Å². The summed E-state index contributed by atoms with van der Waals surface area (Å²) in [4.78, 5) is 19.2. The van der Waals surface area contributed by atoms with Gasteiger partial charge in [-0.05, 0) is 57.8 Å². The summed E-state index contributed by atoms with van der Waals surface area (Å²) >= 11 is 0. The van der Waals surface area contributed by atoms with Crippen LogP contribution in [0, 0.1) is 0 Å². The molecule has 0 rings (SSSR count). The number of aliphatic hydroxyl groups is 1. The van der Waals surface area contributed by atoms with Gasteiger partial charge in [-0.2, -0.15) is 0 Å². The van der Waals surface area contributed by atoms with Gasteiger partial charge in [0.15, 0.2) is 0 Å². The van der Waals surface area contributed by atoms with Crippen LogP contribution in [-0.4, -0.2) is 52.4 Å². The highest BCUT2D eigenvalue weighted by molar-refractivity contribution is 7.53. The van der Waals surface area contributed by atoms with Crippen LogP contribution in [0.5, 0.6) is 0 Å². The zero-order valence-corrected chi connectivity index (χ0v) is 24.5. The van der Waals surface area contributed by atoms with Gasteiger partial charge in [-0.15, -0.1) is 0 Å². The molecule has 5 nitrogen and oxygen atoms in total. The van der Waals surface area contributed by atoms with Crippen molar-refractivity contribution in [2.75, 3.05) is 27.7 Å². The van der Waals surface area contributed by atoms with Crippen LogP contribution in [0.15, 0.2) is 24.3 Å². The van der Waals surface area contributed by atoms with E-state index in [1.807, 2.05) is 21.1 Å². The second kappa shape index (κ2) is 20.6. The molecule has 0 aliphatic carbocycles. The highest BCUT2D eigenvalue weighted by Gasteiger charge is 2.48. The standard InChI is InChI=1S/C29H58NO4P/c1-5-6-7-8-9-10-11-12-13-14-15-16-17-18-19-20-21-22-23-24-25-26-27-29(31,35(32,33)34)28-30(2,3)4/h8-9,16-17,31H,5-7,10-15,18-28H2,1-4H3,(H-,32,33,34)/p+1/b9-8-,17-16-. The van der Waals surface area contributed by atoms with Gasteiger partial charge in [0.2, 0.25) is 5.34 Å². The lowest BCUT2D eigenvalue weighted by molar-refractivity contribution is -0.875. The molecule has 1 unspecified atom stereocenters. The summed E-state index contributed by atoms with van der Waals surface area (Å²) in [6.45, 7) is 2.30. The fourth-order valence-electron chi connectivity index (χ4n) is 4.48. The third-order valence-corrected chi connectivity index (χ3v) is 7.97. The molecule has 0 saturated heterocycles. The number of hydrogen-bond acceptors (Lipinski definition) is 2. The van der Waals surface area contributed by atoms with Gasteiger partial charge in [-0.3, -0.25) is 4.57 Å². The first-order chi connectivity index (χ1) is 16.5. The zero-order chi connectivity index (χ0) is 26.5. The molecular formula is C29H59NO4P+. The van der Waals surface area contributed by atoms with Crippen molar-refractivity contribution in [3.63, 3.8) is 0 Å². The SMILES string of the molecule is CCCC/C=C\CCCCCC/C=C\CCCCCCCCCCC(O)(C[N+](C)(C)C)P(=O)(O)O. The summed E-state index contributed by atoms with van der Waals surface area (Å²) < 4.78 is 12.1. The van der Waals surface area contributed by atoms with Crippen molar-refractivity contribution in [2.45, 2.75) is 134 Å². The summed E-state index contributed by atoms with van der Waals surface area (Å²) in [7, 11) is 0.973. The molecular weight excluding hydrogens is 457 g/mol. The van der Waals surface area contributed by atoms with E-state index in [2.05, 4.69) is 31.2 Å². The molecule has 208 valence electrons. The van der Waals surface area contributed by atoms with Crippen LogP contribution in [0.1, 0.15) is 129 Å². The van der Waals surface area contributed by atoms with Crippen molar-refractivity contribution in [3.05, 3.63) is 24.3 Å². The monoisotopic (exact) mass is 516 g/mol. The Hall–Kier alpha value is -0.450. The largest absolute Gasteiger partial charge is 0.373 e. The maximum atomic E-state index is 11.8. The van der Waals surface area contributed by atoms with Crippen molar-refractivity contribution in [1.29, 1.82) is 0 Å². The molecule has 0 aromatic rings. The second-order valence-corrected chi connectivity index (χ2v) is 13.3. The molecule has 0 radical (unpaired) electrons. The minimum atomic E-state index is -4.55. The fraction of sp³-hybridized carbons (Fsp3) is 0.862. The van der Waals surface area contributed by atoms with E-state index in [-0.39, 0.29) is 13.0 Å². The molecule has 0 heterocycles. The summed E-state index contributed by atoms with van der Waals surface area (Å²) in [5.74, 6) is 0. The Balaban J connectivity index is 3.56. The minimum Gasteiger partial charge on any atom is -0.373 e. The quantitative estimate of drug-likeness (QED) is 0.0524. The number of unbranched alkanes of at least 4 members (excludes halogenated alkanes) is 15. The van der Waals surface area contributed by atoms with Gasteiger partial charge < -0.3 is 19.4 Å². The van der Waals surface area contributed by atoms with Crippen LogP contribution < -0.4 is 0 Å². The van der Waals surface area contributed by atoms with Crippen LogP contribution in [0.3, 0.4) is 0 Å². The molecule has 3 N–H and O–H groups in total. The minimum absolute atomic E-state index is 0.0583. The topological polar surface area (TPSA) is 77.8 Å². The average Bonchev–Trinajstić information content (AvgIpc) is 2.75. The molecule has 0 aromatic heterocycles. The van der Waals surface area contributed by atoms with E-state index in [9.17, 15) is 19.5 Å². The van der Waals surface area contributed by atoms with Crippen LogP contribution in [0.2, 0.25) is 0 Å². The molecule has 0 saturated carbocycles. The van der Waals surface area contributed by atoms with Crippen molar-refractivity contribution < 1.29 is 23.9 Å². The van der Waals surface area contributed by atoms with E-state index >= 15 is 0 Å². The van der Waals surface area contributed by atoms with E-state index in [0.29, 0.717) is 10.9 Å². The van der Waals surface area contributed by atoms with E-state index in [1.165, 1.54) is 89.9 Å². The Morgan fingerprint density at radius 2 is 0.971 bits per heavy atom. The summed E-state index contributed by atoms with van der Waals surface area (Å²) in [6.07, 6.45) is 31.3. The number of allylic oxidation sites excluding steroid dienone is 4. The van der Waals surface area contributed by atoms with Gasteiger partial charge in [-0.1, -0.05) is 95.4 Å². The highest BCUT2D eigenvalue weighted by atomic mass is 31.2. The van der Waals surface area contributed by atoms with E-state index in [0.717, 1.165) is 19.3 Å². The van der Waals surface area contributed by atoms with E-state index in [1.54, 1.807) is 0 Å². The highest BCUT2D eigenvalue weighted by Crippen LogP contribution is 2.52. The van der Waals surface area contributed by atoms with Gasteiger partial charge in [0.1, 0.15) is 6.54 Å². The average molecular weight is 517 g/mol. The molecule has 0 bridgehead atoms. The van der Waals surface area contributed by atoms with Crippen LogP contribution >= 0.6 is 7.60 Å². The third kappa shape index (κ3) is 21.4. The molecule has 0 fully saturated rings. The van der Waals surface area contributed by atoms with Gasteiger partial charge in [0.25, 0.3) is 0 Å². The zero-order valence-electron chi connectivity index (χ0n) is 23.6. The molecule has 0 aliphatic heterocycles. The Labute approximate surface area is 217 Å². The normalized spacial score (nSPS) is 14.8. The van der Waals surface area contributed by atoms with Crippen LogP contribution in [0.25, 0.3) is 0 Å². The van der Waals surface area contributed by atoms with Crippen molar-refractivity contribution in [3.8, 4) is 0 Å². The first-order valence-electron chi connectivity index (χ1n) is 14.4. The predicted octanol–water partition coefficient (Wildman–Crippen LogP) is 8.10. The molecule has 0 aromatic carbocycles. The molecule has 35 heavy (non-hydrogen) atoms. The summed E-state index contributed by atoms with van der Waals surface area (Å²) in [5.41, 5.74) is 0. The molecule has 6 heteroatoms. The number of rotatable bonds is 24. The van der Waals surface area contributed by atoms with Gasteiger partial charge in [-0.25, -0.2) is 0 Å². The Morgan fingerprint density at radius 3 is 1.31 bits per heavy atom. The number of likely N-dealkylation sites (N-methyl/N-ethyl adjacent to an activating group) is 1. The molecule has 0 aliphatic rings. The van der Waals surface area contributed by atoms with Gasteiger partial charge >= 0.3 is 7.60 Å². The lowest BCUT2D eigenvalue weighted by Crippen LogP contribution is -2.49. The van der Waals surface area contributed by atoms with Crippen LogP contribution in [-0.2, 0) is 4.57 Å². The summed E-state index contributed by atoms with van der Waals surface area (Å²) in [5, 5.41) is 8.65. The number of hydrogen-bond donors (Lipinski definition) is 3.